The monoisotopic (exact) mass is 193 g/mol. The third-order valence-electron chi connectivity index (χ3n) is 2.01. The predicted octanol–water partition coefficient (Wildman–Crippen LogP) is 1.14. The van der Waals surface area contributed by atoms with Crippen LogP contribution >= 0.6 is 0 Å². The van der Waals surface area contributed by atoms with Gasteiger partial charge in [0.2, 0.25) is 0 Å². The first-order valence-electron chi connectivity index (χ1n) is 4.32. The fourth-order valence-electron chi connectivity index (χ4n) is 1.24. The molecule has 0 aliphatic heterocycles. The maximum Gasteiger partial charge on any atom is 0.266 e. The first-order chi connectivity index (χ1) is 6.50. The van der Waals surface area contributed by atoms with E-state index in [1.807, 2.05) is 20.8 Å². The summed E-state index contributed by atoms with van der Waals surface area (Å²) in [6, 6.07) is 0. The Kier molecular flexibility index (Phi) is 1.70. The van der Waals surface area contributed by atoms with Crippen LogP contribution in [-0.4, -0.2) is 14.7 Å². The Hall–Kier alpha value is -1.65. The van der Waals surface area contributed by atoms with Crippen molar-refractivity contribution in [2.75, 3.05) is 0 Å². The Morgan fingerprint density at radius 2 is 2.14 bits per heavy atom. The SMILES string of the molecule is CC(C)(C)n1cnc2oncc2c1=O. The summed E-state index contributed by atoms with van der Waals surface area (Å²) >= 11 is 0. The zero-order valence-electron chi connectivity index (χ0n) is 8.31. The fraction of sp³-hybridized carbons (Fsp3) is 0.444. The van der Waals surface area contributed by atoms with E-state index in [0.29, 0.717) is 5.39 Å². The Morgan fingerprint density at radius 1 is 1.43 bits per heavy atom. The predicted molar refractivity (Wildman–Crippen MR) is 51.1 cm³/mol. The average Bonchev–Trinajstić information content (AvgIpc) is 2.50. The standard InChI is InChI=1S/C9H11N3O2/c1-9(2,3)12-5-10-7-6(8(12)13)4-11-14-7/h4-5H,1-3H3. The van der Waals surface area contributed by atoms with Gasteiger partial charge in [0.05, 0.1) is 6.20 Å². The van der Waals surface area contributed by atoms with Crippen LogP contribution in [0.15, 0.2) is 21.8 Å². The molecule has 0 spiro atoms. The largest absolute Gasteiger partial charge is 0.336 e. The van der Waals surface area contributed by atoms with Gasteiger partial charge in [-0.2, -0.15) is 0 Å². The van der Waals surface area contributed by atoms with Crippen molar-refractivity contribution in [2.45, 2.75) is 26.3 Å². The highest BCUT2D eigenvalue weighted by atomic mass is 16.5. The Labute approximate surface area is 80.3 Å². The molecule has 0 atom stereocenters. The smallest absolute Gasteiger partial charge is 0.266 e. The second-order valence-electron chi connectivity index (χ2n) is 4.14. The molecule has 2 heterocycles. The summed E-state index contributed by atoms with van der Waals surface area (Å²) in [5.74, 6) is 0. The molecule has 2 rings (SSSR count). The summed E-state index contributed by atoms with van der Waals surface area (Å²) in [7, 11) is 0. The molecule has 0 fully saturated rings. The number of aromatic nitrogens is 3. The normalized spacial score (nSPS) is 12.2. The molecule has 5 nitrogen and oxygen atoms in total. The summed E-state index contributed by atoms with van der Waals surface area (Å²) in [4.78, 5) is 15.9. The molecule has 5 heteroatoms. The molecule has 0 saturated carbocycles. The lowest BCUT2D eigenvalue weighted by Gasteiger charge is -2.20. The van der Waals surface area contributed by atoms with E-state index in [0.717, 1.165) is 0 Å². The summed E-state index contributed by atoms with van der Waals surface area (Å²) in [6.07, 6.45) is 2.88. The Bertz CT molecular complexity index is 519. The van der Waals surface area contributed by atoms with E-state index >= 15 is 0 Å². The molecule has 0 aliphatic rings. The lowest BCUT2D eigenvalue weighted by molar-refractivity contribution is 0.379. The van der Waals surface area contributed by atoms with Gasteiger partial charge in [0.15, 0.2) is 0 Å². The molecule has 74 valence electrons. The van der Waals surface area contributed by atoms with E-state index in [-0.39, 0.29) is 16.8 Å². The summed E-state index contributed by atoms with van der Waals surface area (Å²) in [5.41, 5.74) is -0.116. The summed E-state index contributed by atoms with van der Waals surface area (Å²) < 4.78 is 6.35. The molecule has 2 aromatic heterocycles. The van der Waals surface area contributed by atoms with Crippen LogP contribution in [0, 0.1) is 0 Å². The van der Waals surface area contributed by atoms with Crippen molar-refractivity contribution in [3.8, 4) is 0 Å². The highest BCUT2D eigenvalue weighted by Gasteiger charge is 2.17. The minimum atomic E-state index is -0.282. The topological polar surface area (TPSA) is 60.9 Å². The Morgan fingerprint density at radius 3 is 2.79 bits per heavy atom. The highest BCUT2D eigenvalue weighted by Crippen LogP contribution is 2.12. The summed E-state index contributed by atoms with van der Waals surface area (Å²) in [5, 5.41) is 3.95. The van der Waals surface area contributed by atoms with E-state index in [4.69, 9.17) is 4.52 Å². The molecule has 0 radical (unpaired) electrons. The molecule has 0 saturated heterocycles. The van der Waals surface area contributed by atoms with Crippen LogP contribution in [0.25, 0.3) is 11.1 Å². The lowest BCUT2D eigenvalue weighted by atomic mass is 10.1. The molecule has 0 amide bonds. The Balaban J connectivity index is 2.81. The second kappa shape index (κ2) is 2.67. The van der Waals surface area contributed by atoms with Crippen molar-refractivity contribution >= 4 is 11.1 Å². The minimum Gasteiger partial charge on any atom is -0.336 e. The van der Waals surface area contributed by atoms with Crippen LogP contribution in [-0.2, 0) is 5.54 Å². The minimum absolute atomic E-state index is 0.122. The lowest BCUT2D eigenvalue weighted by Crippen LogP contribution is -2.33. The quantitative estimate of drug-likeness (QED) is 0.629. The molecule has 0 unspecified atom stereocenters. The highest BCUT2D eigenvalue weighted by molar-refractivity contribution is 5.69. The van der Waals surface area contributed by atoms with Crippen LogP contribution in [0.5, 0.6) is 0 Å². The van der Waals surface area contributed by atoms with Gasteiger partial charge >= 0.3 is 0 Å². The van der Waals surface area contributed by atoms with Crippen LogP contribution in [0.1, 0.15) is 20.8 Å². The van der Waals surface area contributed by atoms with Gasteiger partial charge in [0.1, 0.15) is 11.7 Å². The second-order valence-corrected chi connectivity index (χ2v) is 4.14. The molecule has 0 aliphatic carbocycles. The molecule has 0 bridgehead atoms. The zero-order valence-corrected chi connectivity index (χ0v) is 8.31. The van der Waals surface area contributed by atoms with Crippen LogP contribution < -0.4 is 5.56 Å². The van der Waals surface area contributed by atoms with E-state index in [1.165, 1.54) is 12.5 Å². The van der Waals surface area contributed by atoms with Gasteiger partial charge in [0, 0.05) is 5.54 Å². The van der Waals surface area contributed by atoms with Crippen LogP contribution in [0.3, 0.4) is 0 Å². The number of nitrogens with zero attached hydrogens (tertiary/aromatic N) is 3. The fourth-order valence-corrected chi connectivity index (χ4v) is 1.24. The number of rotatable bonds is 0. The number of hydrogen-bond acceptors (Lipinski definition) is 4. The van der Waals surface area contributed by atoms with E-state index in [9.17, 15) is 4.79 Å². The van der Waals surface area contributed by atoms with Gasteiger partial charge in [-0.05, 0) is 20.8 Å². The molecular formula is C9H11N3O2. The van der Waals surface area contributed by atoms with Gasteiger partial charge in [0.25, 0.3) is 11.3 Å². The van der Waals surface area contributed by atoms with Gasteiger partial charge in [-0.15, -0.1) is 0 Å². The van der Waals surface area contributed by atoms with Gasteiger partial charge in [-0.3, -0.25) is 9.36 Å². The van der Waals surface area contributed by atoms with Gasteiger partial charge in [-0.1, -0.05) is 5.16 Å². The van der Waals surface area contributed by atoms with Crippen molar-refractivity contribution < 1.29 is 4.52 Å². The van der Waals surface area contributed by atoms with Crippen molar-refractivity contribution in [1.82, 2.24) is 14.7 Å². The first kappa shape index (κ1) is 8.93. The third-order valence-corrected chi connectivity index (χ3v) is 2.01. The van der Waals surface area contributed by atoms with Crippen molar-refractivity contribution in [3.63, 3.8) is 0 Å². The summed E-state index contributed by atoms with van der Waals surface area (Å²) in [6.45, 7) is 5.82. The van der Waals surface area contributed by atoms with Crippen LogP contribution in [0.2, 0.25) is 0 Å². The van der Waals surface area contributed by atoms with Gasteiger partial charge < -0.3 is 4.52 Å². The van der Waals surface area contributed by atoms with Crippen molar-refractivity contribution in [3.05, 3.63) is 22.9 Å². The molecule has 0 N–H and O–H groups in total. The van der Waals surface area contributed by atoms with Crippen molar-refractivity contribution in [1.29, 1.82) is 0 Å². The van der Waals surface area contributed by atoms with Crippen LogP contribution in [0.4, 0.5) is 0 Å². The molecule has 0 aromatic carbocycles. The maximum absolute atomic E-state index is 11.9. The number of hydrogen-bond donors (Lipinski definition) is 0. The van der Waals surface area contributed by atoms with Crippen molar-refractivity contribution in [2.24, 2.45) is 0 Å². The molecule has 2 aromatic rings. The van der Waals surface area contributed by atoms with Gasteiger partial charge in [-0.25, -0.2) is 4.98 Å². The first-order valence-corrected chi connectivity index (χ1v) is 4.32. The van der Waals surface area contributed by atoms with E-state index in [2.05, 4.69) is 10.1 Å². The average molecular weight is 193 g/mol. The zero-order chi connectivity index (χ0) is 10.3. The van der Waals surface area contributed by atoms with E-state index in [1.54, 1.807) is 4.57 Å². The number of fused-ring (bicyclic) bond motifs is 1. The third kappa shape index (κ3) is 1.21. The maximum atomic E-state index is 11.9. The molecule has 14 heavy (non-hydrogen) atoms. The molecular weight excluding hydrogens is 182 g/mol. The van der Waals surface area contributed by atoms with E-state index < -0.39 is 0 Å².